The monoisotopic (exact) mass is 370 g/mol. The van der Waals surface area contributed by atoms with Gasteiger partial charge in [0.15, 0.2) is 0 Å². The summed E-state index contributed by atoms with van der Waals surface area (Å²) in [6, 6.07) is 2.81. The molecule has 0 radical (unpaired) electrons. The van der Waals surface area contributed by atoms with E-state index >= 15 is 0 Å². The van der Waals surface area contributed by atoms with Crippen LogP contribution in [0, 0.1) is 17.8 Å². The van der Waals surface area contributed by atoms with Crippen molar-refractivity contribution >= 4 is 35.0 Å². The Morgan fingerprint density at radius 2 is 1.88 bits per heavy atom. The number of rotatable bonds is 3. The van der Waals surface area contributed by atoms with Crippen molar-refractivity contribution in [3.8, 4) is 5.75 Å². The maximum atomic E-state index is 12.5. The predicted octanol–water partition coefficient (Wildman–Crippen LogP) is 2.93. The molecule has 2 saturated heterocycles. The first-order valence-electron chi connectivity index (χ1n) is 8.05. The summed E-state index contributed by atoms with van der Waals surface area (Å²) in [5.41, 5.74) is 0.0765. The number of nitrogens with zero attached hydrogens (tertiary/aromatic N) is 1. The van der Waals surface area contributed by atoms with Crippen LogP contribution in [0.15, 0.2) is 12.1 Å². The summed E-state index contributed by atoms with van der Waals surface area (Å²) >= 11 is 11.8. The van der Waals surface area contributed by atoms with Crippen molar-refractivity contribution in [2.24, 2.45) is 17.8 Å². The fraction of sp³-hybridized carbons (Fsp3) is 0.529. The summed E-state index contributed by atoms with van der Waals surface area (Å²) in [5.74, 6) is 0.00845. The Kier molecular flexibility index (Phi) is 4.67. The number of piperidine rings is 2. The van der Waals surface area contributed by atoms with E-state index in [9.17, 15) is 14.7 Å². The normalized spacial score (nSPS) is 25.4. The molecule has 1 saturated carbocycles. The van der Waals surface area contributed by atoms with Gasteiger partial charge in [0.25, 0.3) is 5.91 Å². The van der Waals surface area contributed by atoms with E-state index in [0.29, 0.717) is 18.1 Å². The Bertz CT molecular complexity index is 681. The van der Waals surface area contributed by atoms with Gasteiger partial charge in [-0.15, -0.1) is 0 Å². The maximum Gasteiger partial charge on any atom is 0.255 e. The standard InChI is InChI=1S/C17H20Cl2N2O3/c1-8(2)17(24)21-6-9-3-10(7-21)14(9)20-16(23)12-4-11(18)5-13(19)15(12)22/h4-5,8-10,14,22H,3,6-7H2,1-2H3,(H,20,23). The third-order valence-corrected chi connectivity index (χ3v) is 5.41. The third kappa shape index (κ3) is 3.07. The highest BCUT2D eigenvalue weighted by Gasteiger charge is 2.48. The average Bonchev–Trinajstić information content (AvgIpc) is 2.54. The lowest BCUT2D eigenvalue weighted by molar-refractivity contribution is -0.142. The van der Waals surface area contributed by atoms with E-state index in [1.807, 2.05) is 18.7 Å². The van der Waals surface area contributed by atoms with Crippen LogP contribution in [0.2, 0.25) is 10.0 Å². The van der Waals surface area contributed by atoms with Gasteiger partial charge < -0.3 is 15.3 Å². The molecule has 1 aliphatic carbocycles. The zero-order chi connectivity index (χ0) is 17.6. The Balaban J connectivity index is 1.67. The molecule has 2 N–H and O–H groups in total. The molecule has 2 heterocycles. The summed E-state index contributed by atoms with van der Waals surface area (Å²) in [6.07, 6.45) is 1.01. The quantitative estimate of drug-likeness (QED) is 0.859. The van der Waals surface area contributed by atoms with Gasteiger partial charge in [0, 0.05) is 30.1 Å². The van der Waals surface area contributed by atoms with E-state index < -0.39 is 0 Å². The lowest BCUT2D eigenvalue weighted by Gasteiger charge is -2.54. The molecule has 2 bridgehead atoms. The second-order valence-electron chi connectivity index (χ2n) is 6.94. The molecule has 0 spiro atoms. The highest BCUT2D eigenvalue weighted by molar-refractivity contribution is 6.36. The van der Waals surface area contributed by atoms with Crippen LogP contribution in [0.3, 0.4) is 0 Å². The maximum absolute atomic E-state index is 12.5. The van der Waals surface area contributed by atoms with Gasteiger partial charge in [-0.2, -0.15) is 0 Å². The number of hydrogen-bond donors (Lipinski definition) is 2. The van der Waals surface area contributed by atoms with Crippen LogP contribution in [0.4, 0.5) is 0 Å². The van der Waals surface area contributed by atoms with Crippen molar-refractivity contribution in [2.75, 3.05) is 13.1 Å². The van der Waals surface area contributed by atoms with E-state index in [1.165, 1.54) is 12.1 Å². The fourth-order valence-electron chi connectivity index (χ4n) is 3.64. The van der Waals surface area contributed by atoms with Gasteiger partial charge in [0.05, 0.1) is 10.6 Å². The average molecular weight is 371 g/mol. The molecule has 1 aromatic carbocycles. The number of carbonyl (C=O) groups is 2. The first-order valence-corrected chi connectivity index (χ1v) is 8.81. The molecule has 130 valence electrons. The van der Waals surface area contributed by atoms with Crippen LogP contribution in [-0.4, -0.2) is 41.0 Å². The van der Waals surface area contributed by atoms with E-state index in [-0.39, 0.29) is 51.9 Å². The minimum absolute atomic E-state index is 0.0129. The molecule has 3 aliphatic rings. The van der Waals surface area contributed by atoms with E-state index in [0.717, 1.165) is 6.42 Å². The van der Waals surface area contributed by atoms with Crippen molar-refractivity contribution in [2.45, 2.75) is 26.3 Å². The Morgan fingerprint density at radius 3 is 2.46 bits per heavy atom. The molecular formula is C17H20Cl2N2O3. The summed E-state index contributed by atoms with van der Waals surface area (Å²) in [5, 5.41) is 13.3. The van der Waals surface area contributed by atoms with Crippen LogP contribution in [0.1, 0.15) is 30.6 Å². The zero-order valence-electron chi connectivity index (χ0n) is 13.6. The van der Waals surface area contributed by atoms with Crippen LogP contribution in [0.25, 0.3) is 0 Å². The van der Waals surface area contributed by atoms with Gasteiger partial charge in [-0.25, -0.2) is 0 Å². The Labute approximate surface area is 150 Å². The molecule has 4 rings (SSSR count). The molecule has 1 aromatic rings. The van der Waals surface area contributed by atoms with E-state index in [4.69, 9.17) is 23.2 Å². The molecule has 3 fully saturated rings. The van der Waals surface area contributed by atoms with E-state index in [2.05, 4.69) is 5.32 Å². The molecule has 0 aromatic heterocycles. The Hall–Kier alpha value is -1.46. The predicted molar refractivity (Wildman–Crippen MR) is 92.4 cm³/mol. The first-order chi connectivity index (χ1) is 11.3. The number of phenolic OH excluding ortho intramolecular Hbond substituents is 1. The number of halogens is 2. The third-order valence-electron chi connectivity index (χ3n) is 4.91. The molecular weight excluding hydrogens is 351 g/mol. The smallest absolute Gasteiger partial charge is 0.255 e. The van der Waals surface area contributed by atoms with Crippen molar-refractivity contribution in [1.82, 2.24) is 10.2 Å². The molecule has 24 heavy (non-hydrogen) atoms. The number of nitrogens with one attached hydrogen (secondary N) is 1. The largest absolute Gasteiger partial charge is 0.506 e. The van der Waals surface area contributed by atoms with E-state index in [1.54, 1.807) is 0 Å². The zero-order valence-corrected chi connectivity index (χ0v) is 15.1. The molecule has 5 nitrogen and oxygen atoms in total. The number of phenols is 1. The van der Waals surface area contributed by atoms with Crippen molar-refractivity contribution in [3.63, 3.8) is 0 Å². The summed E-state index contributed by atoms with van der Waals surface area (Å²) in [4.78, 5) is 26.5. The van der Waals surface area contributed by atoms with Crippen molar-refractivity contribution in [3.05, 3.63) is 27.7 Å². The highest BCUT2D eigenvalue weighted by atomic mass is 35.5. The van der Waals surface area contributed by atoms with Crippen molar-refractivity contribution < 1.29 is 14.7 Å². The minimum Gasteiger partial charge on any atom is -0.506 e. The second-order valence-corrected chi connectivity index (χ2v) is 7.78. The van der Waals surface area contributed by atoms with Gasteiger partial charge in [-0.3, -0.25) is 9.59 Å². The summed E-state index contributed by atoms with van der Waals surface area (Å²) in [7, 11) is 0. The second kappa shape index (κ2) is 6.45. The van der Waals surface area contributed by atoms with Crippen LogP contribution < -0.4 is 5.32 Å². The lowest BCUT2D eigenvalue weighted by Crippen LogP contribution is -2.65. The summed E-state index contributed by atoms with van der Waals surface area (Å²) in [6.45, 7) is 5.13. The molecule has 2 atom stereocenters. The number of hydrogen-bond acceptors (Lipinski definition) is 3. The van der Waals surface area contributed by atoms with Crippen LogP contribution in [-0.2, 0) is 4.79 Å². The van der Waals surface area contributed by atoms with Gasteiger partial charge in [-0.1, -0.05) is 37.0 Å². The van der Waals surface area contributed by atoms with Crippen molar-refractivity contribution in [1.29, 1.82) is 0 Å². The molecule has 2 amide bonds. The highest BCUT2D eigenvalue weighted by Crippen LogP contribution is 2.41. The van der Waals surface area contributed by atoms with Crippen LogP contribution >= 0.6 is 23.2 Å². The minimum atomic E-state index is -0.389. The number of amides is 2. The Morgan fingerprint density at radius 1 is 1.25 bits per heavy atom. The number of aromatic hydroxyl groups is 1. The fourth-order valence-corrected chi connectivity index (χ4v) is 4.13. The first kappa shape index (κ1) is 17.4. The van der Waals surface area contributed by atoms with Gasteiger partial charge in [0.2, 0.25) is 5.91 Å². The molecule has 7 heteroatoms. The van der Waals surface area contributed by atoms with Crippen LogP contribution in [0.5, 0.6) is 5.75 Å². The molecule has 2 aliphatic heterocycles. The van der Waals surface area contributed by atoms with Gasteiger partial charge in [0.1, 0.15) is 5.75 Å². The van der Waals surface area contributed by atoms with Gasteiger partial charge >= 0.3 is 0 Å². The number of fused-ring (bicyclic) bond motifs is 2. The summed E-state index contributed by atoms with van der Waals surface area (Å²) < 4.78 is 0. The number of benzene rings is 1. The lowest BCUT2D eigenvalue weighted by atomic mass is 9.66. The number of carbonyl (C=O) groups excluding carboxylic acids is 2. The SMILES string of the molecule is CC(C)C(=O)N1CC2CC(C1)C2NC(=O)c1cc(Cl)cc(Cl)c1O. The van der Waals surface area contributed by atoms with Gasteiger partial charge in [-0.05, 0) is 30.4 Å². The topological polar surface area (TPSA) is 69.6 Å². The molecule has 2 unspecified atom stereocenters.